The maximum Gasteiger partial charge on any atom is 0.219 e. The molecule has 3 nitrogen and oxygen atoms in total. The van der Waals surface area contributed by atoms with Crippen molar-refractivity contribution in [1.29, 1.82) is 5.26 Å². The average Bonchev–Trinajstić information content (AvgIpc) is 2.66. The van der Waals surface area contributed by atoms with Gasteiger partial charge < -0.3 is 5.32 Å². The van der Waals surface area contributed by atoms with Crippen molar-refractivity contribution in [3.8, 4) is 6.07 Å². The van der Waals surface area contributed by atoms with E-state index >= 15 is 0 Å². The molecule has 1 rings (SSSR count). The first kappa shape index (κ1) is 14.2. The van der Waals surface area contributed by atoms with Crippen LogP contribution in [0.1, 0.15) is 30.0 Å². The zero-order valence-electron chi connectivity index (χ0n) is 9.92. The predicted octanol–water partition coefficient (Wildman–Crippen LogP) is 3.09. The fourth-order valence-corrected chi connectivity index (χ4v) is 3.19. The minimum atomic E-state index is 0.0851. The molecule has 0 fully saturated rings. The molecule has 0 spiro atoms. The first-order valence-electron chi connectivity index (χ1n) is 5.51. The molecule has 1 unspecified atom stereocenters. The summed E-state index contributed by atoms with van der Waals surface area (Å²) in [6.45, 7) is 4.62. The van der Waals surface area contributed by atoms with Crippen LogP contribution in [0.3, 0.4) is 0 Å². The molecule has 1 heterocycles. The quantitative estimate of drug-likeness (QED) is 0.908. The summed E-state index contributed by atoms with van der Waals surface area (Å²) in [5.74, 6) is 0.463. The molecule has 92 valence electrons. The van der Waals surface area contributed by atoms with E-state index in [2.05, 4.69) is 34.2 Å². The van der Waals surface area contributed by atoms with E-state index in [1.807, 2.05) is 13.0 Å². The smallest absolute Gasteiger partial charge is 0.219 e. The molecule has 1 aromatic rings. The van der Waals surface area contributed by atoms with E-state index in [-0.39, 0.29) is 5.91 Å². The lowest BCUT2D eigenvalue weighted by Gasteiger charge is -2.10. The highest BCUT2D eigenvalue weighted by Gasteiger charge is 2.10. The largest absolute Gasteiger partial charge is 0.356 e. The number of carbonyl (C=O) groups excluding carboxylic acids is 1. The Hall–Kier alpha value is -0.860. The molecular formula is C12H15BrN2OS. The third kappa shape index (κ3) is 4.49. The SMILES string of the molecule is CCC(=O)NCC(C)Cc1cc(Br)c(C#N)s1. The summed E-state index contributed by atoms with van der Waals surface area (Å²) in [5.41, 5.74) is 0. The van der Waals surface area contributed by atoms with Crippen LogP contribution >= 0.6 is 27.3 Å². The number of thiophene rings is 1. The normalized spacial score (nSPS) is 11.9. The van der Waals surface area contributed by atoms with E-state index in [9.17, 15) is 4.79 Å². The molecule has 17 heavy (non-hydrogen) atoms. The van der Waals surface area contributed by atoms with E-state index in [1.54, 1.807) is 0 Å². The van der Waals surface area contributed by atoms with Crippen LogP contribution < -0.4 is 5.32 Å². The number of amides is 1. The molecule has 1 N–H and O–H groups in total. The van der Waals surface area contributed by atoms with Crippen LogP contribution in [-0.2, 0) is 11.2 Å². The number of hydrogen-bond acceptors (Lipinski definition) is 3. The average molecular weight is 315 g/mol. The molecule has 5 heteroatoms. The van der Waals surface area contributed by atoms with Gasteiger partial charge in [0.25, 0.3) is 0 Å². The highest BCUT2D eigenvalue weighted by Crippen LogP contribution is 2.28. The van der Waals surface area contributed by atoms with Crippen molar-refractivity contribution >= 4 is 33.2 Å². The van der Waals surface area contributed by atoms with Crippen LogP contribution in [0, 0.1) is 17.2 Å². The van der Waals surface area contributed by atoms with Crippen LogP contribution in [0.5, 0.6) is 0 Å². The lowest BCUT2D eigenvalue weighted by atomic mass is 10.1. The summed E-state index contributed by atoms with van der Waals surface area (Å²) in [4.78, 5) is 13.0. The Morgan fingerprint density at radius 3 is 2.94 bits per heavy atom. The summed E-state index contributed by atoms with van der Waals surface area (Å²) in [5, 5.41) is 11.7. The van der Waals surface area contributed by atoms with Crippen molar-refractivity contribution in [2.45, 2.75) is 26.7 Å². The molecule has 1 atom stereocenters. The van der Waals surface area contributed by atoms with Crippen LogP contribution in [0.4, 0.5) is 0 Å². The summed E-state index contributed by atoms with van der Waals surface area (Å²) in [6, 6.07) is 4.14. The predicted molar refractivity (Wildman–Crippen MR) is 72.9 cm³/mol. The van der Waals surface area contributed by atoms with E-state index in [4.69, 9.17) is 5.26 Å². The molecule has 0 radical (unpaired) electrons. The third-order valence-corrected chi connectivity index (χ3v) is 4.31. The summed E-state index contributed by atoms with van der Waals surface area (Å²) < 4.78 is 0.866. The van der Waals surface area contributed by atoms with Gasteiger partial charge in [0.2, 0.25) is 5.91 Å². The van der Waals surface area contributed by atoms with Gasteiger partial charge in [0, 0.05) is 22.3 Å². The van der Waals surface area contributed by atoms with Crippen molar-refractivity contribution in [3.63, 3.8) is 0 Å². The van der Waals surface area contributed by atoms with Crippen molar-refractivity contribution < 1.29 is 4.79 Å². The van der Waals surface area contributed by atoms with Gasteiger partial charge in [0.05, 0.1) is 0 Å². The number of nitriles is 1. The summed E-state index contributed by atoms with van der Waals surface area (Å²) in [6.07, 6.45) is 1.41. The zero-order valence-corrected chi connectivity index (χ0v) is 12.3. The van der Waals surface area contributed by atoms with Gasteiger partial charge in [-0.05, 0) is 34.3 Å². The molecule has 1 aromatic heterocycles. The Labute approximate surface area is 114 Å². The molecule has 0 aliphatic carbocycles. The topological polar surface area (TPSA) is 52.9 Å². The Balaban J connectivity index is 2.48. The van der Waals surface area contributed by atoms with Crippen LogP contribution in [0.2, 0.25) is 0 Å². The minimum Gasteiger partial charge on any atom is -0.356 e. The van der Waals surface area contributed by atoms with E-state index in [0.717, 1.165) is 10.9 Å². The molecule has 0 aliphatic rings. The first-order valence-corrected chi connectivity index (χ1v) is 7.12. The van der Waals surface area contributed by atoms with Gasteiger partial charge in [-0.3, -0.25) is 4.79 Å². The Morgan fingerprint density at radius 2 is 2.41 bits per heavy atom. The van der Waals surface area contributed by atoms with Gasteiger partial charge in [-0.1, -0.05) is 13.8 Å². The standard InChI is InChI=1S/C12H15BrN2OS/c1-3-12(16)15-7-8(2)4-9-5-10(13)11(6-14)17-9/h5,8H,3-4,7H2,1-2H3,(H,15,16). The summed E-state index contributed by atoms with van der Waals surface area (Å²) in [7, 11) is 0. The van der Waals surface area contributed by atoms with Gasteiger partial charge in [0.15, 0.2) is 0 Å². The second kappa shape index (κ2) is 6.77. The maximum atomic E-state index is 11.1. The zero-order chi connectivity index (χ0) is 12.8. The molecule has 0 bridgehead atoms. The Bertz CT molecular complexity index is 436. The number of hydrogen-bond donors (Lipinski definition) is 1. The van der Waals surface area contributed by atoms with Gasteiger partial charge >= 0.3 is 0 Å². The maximum absolute atomic E-state index is 11.1. The number of halogens is 1. The number of nitrogens with one attached hydrogen (secondary N) is 1. The second-order valence-corrected chi connectivity index (χ2v) is 5.96. The van der Waals surface area contributed by atoms with Crippen molar-refractivity contribution in [2.75, 3.05) is 6.54 Å². The van der Waals surface area contributed by atoms with Gasteiger partial charge in [-0.2, -0.15) is 5.26 Å². The van der Waals surface area contributed by atoms with Crippen molar-refractivity contribution in [3.05, 3.63) is 20.3 Å². The molecule has 0 aromatic carbocycles. The minimum absolute atomic E-state index is 0.0851. The molecule has 0 saturated heterocycles. The monoisotopic (exact) mass is 314 g/mol. The molecule has 1 amide bonds. The van der Waals surface area contributed by atoms with Crippen LogP contribution in [0.15, 0.2) is 10.5 Å². The van der Waals surface area contributed by atoms with Crippen molar-refractivity contribution in [2.24, 2.45) is 5.92 Å². The molecule has 0 saturated carbocycles. The van der Waals surface area contributed by atoms with Gasteiger partial charge in [0.1, 0.15) is 10.9 Å². The number of carbonyl (C=O) groups is 1. The third-order valence-electron chi connectivity index (χ3n) is 2.36. The van der Waals surface area contributed by atoms with Crippen LogP contribution in [0.25, 0.3) is 0 Å². The fourth-order valence-electron chi connectivity index (χ4n) is 1.42. The van der Waals surface area contributed by atoms with E-state index < -0.39 is 0 Å². The van der Waals surface area contributed by atoms with E-state index in [1.165, 1.54) is 16.2 Å². The Morgan fingerprint density at radius 1 is 1.71 bits per heavy atom. The lowest BCUT2D eigenvalue weighted by molar-refractivity contribution is -0.120. The van der Waals surface area contributed by atoms with Crippen molar-refractivity contribution in [1.82, 2.24) is 5.32 Å². The number of nitrogens with zero attached hydrogens (tertiary/aromatic N) is 1. The second-order valence-electron chi connectivity index (χ2n) is 3.97. The van der Waals surface area contributed by atoms with Gasteiger partial charge in [-0.15, -0.1) is 11.3 Å². The number of rotatable bonds is 5. The fraction of sp³-hybridized carbons (Fsp3) is 0.500. The highest BCUT2D eigenvalue weighted by atomic mass is 79.9. The first-order chi connectivity index (χ1) is 8.06. The molecule has 0 aliphatic heterocycles. The highest BCUT2D eigenvalue weighted by molar-refractivity contribution is 9.10. The Kier molecular flexibility index (Phi) is 5.66. The van der Waals surface area contributed by atoms with Gasteiger partial charge in [-0.25, -0.2) is 0 Å². The van der Waals surface area contributed by atoms with E-state index in [0.29, 0.717) is 23.8 Å². The van der Waals surface area contributed by atoms with Crippen LogP contribution in [-0.4, -0.2) is 12.5 Å². The molecular weight excluding hydrogens is 300 g/mol. The lowest BCUT2D eigenvalue weighted by Crippen LogP contribution is -2.28. The summed E-state index contributed by atoms with van der Waals surface area (Å²) >= 11 is 4.87.